The number of thiophene rings is 2. The maximum atomic E-state index is 4.76. The van der Waals surface area contributed by atoms with E-state index < -0.39 is 0 Å². The molecule has 0 fully saturated rings. The first-order valence-electron chi connectivity index (χ1n) is 15.1. The average Bonchev–Trinajstić information content (AvgIpc) is 3.70. The molecule has 0 bridgehead atoms. The molecule has 0 spiro atoms. The van der Waals surface area contributed by atoms with E-state index in [-0.39, 0.29) is 0 Å². The number of hydrogen-bond acceptors (Lipinski definition) is 6. The first-order chi connectivity index (χ1) is 21.7. The Hall–Kier alpha value is -2.06. The van der Waals surface area contributed by atoms with Crippen molar-refractivity contribution in [1.29, 1.82) is 0 Å². The predicted molar refractivity (Wildman–Crippen MR) is 213 cm³/mol. The Labute approximate surface area is 289 Å². The second kappa shape index (κ2) is 13.4. The van der Waals surface area contributed by atoms with Crippen LogP contribution >= 0.6 is 73.2 Å². The van der Waals surface area contributed by atoms with Gasteiger partial charge in [-0.1, -0.05) is 60.7 Å². The van der Waals surface area contributed by atoms with Crippen LogP contribution in [0.3, 0.4) is 0 Å². The molecule has 222 valence electrons. The molecule has 7 aromatic rings. The highest BCUT2D eigenvalue weighted by Gasteiger charge is 2.22. The highest BCUT2D eigenvalue weighted by molar-refractivity contribution is 7.80. The minimum absolute atomic E-state index is 0.809. The van der Waals surface area contributed by atoms with Crippen LogP contribution in [0.1, 0.15) is 22.3 Å². The van der Waals surface area contributed by atoms with Gasteiger partial charge in [0, 0.05) is 19.2 Å². The first-order valence-corrected chi connectivity index (χ1v) is 19.3. The third-order valence-corrected chi connectivity index (χ3v) is 12.1. The molecule has 0 nitrogen and oxygen atoms in total. The predicted octanol–water partition coefficient (Wildman–Crippen LogP) is 11.6. The summed E-state index contributed by atoms with van der Waals surface area (Å²) in [4.78, 5) is 2.64. The molecule has 6 heteroatoms. The van der Waals surface area contributed by atoms with Gasteiger partial charge in [-0.15, -0.1) is 22.7 Å². The van der Waals surface area contributed by atoms with Crippen molar-refractivity contribution in [3.05, 3.63) is 107 Å². The SMILES string of the molecule is SCCc1c2cc3c(CCS)c4sc(-c5ccccc5)cc4c(CCS)c3cc2c(CCS)c2sc(-c3ccccc3)cc12. The van der Waals surface area contributed by atoms with Crippen molar-refractivity contribution in [3.63, 3.8) is 0 Å². The monoisotopic (exact) mass is 682 g/mol. The fourth-order valence-electron chi connectivity index (χ4n) is 6.78. The number of aryl methyl sites for hydroxylation is 4. The Morgan fingerprint density at radius 2 is 0.727 bits per heavy atom. The van der Waals surface area contributed by atoms with Crippen LogP contribution in [-0.4, -0.2) is 23.0 Å². The van der Waals surface area contributed by atoms with Gasteiger partial charge in [-0.2, -0.15) is 50.5 Å². The van der Waals surface area contributed by atoms with Crippen molar-refractivity contribution in [3.8, 4) is 20.9 Å². The van der Waals surface area contributed by atoms with Crippen LogP contribution in [0.4, 0.5) is 0 Å². The lowest BCUT2D eigenvalue weighted by atomic mass is 9.87. The highest BCUT2D eigenvalue weighted by atomic mass is 32.1. The highest BCUT2D eigenvalue weighted by Crippen LogP contribution is 2.47. The molecule has 0 aliphatic heterocycles. The van der Waals surface area contributed by atoms with Gasteiger partial charge in [0.2, 0.25) is 0 Å². The Morgan fingerprint density at radius 1 is 0.386 bits per heavy atom. The molecule has 0 aliphatic rings. The fourth-order valence-corrected chi connectivity index (χ4v) is 10.2. The number of thiol groups is 4. The van der Waals surface area contributed by atoms with Gasteiger partial charge in [0.1, 0.15) is 0 Å². The molecule has 2 aromatic heterocycles. The summed E-state index contributed by atoms with van der Waals surface area (Å²) in [6.07, 6.45) is 3.72. The molecule has 0 aliphatic carbocycles. The third kappa shape index (κ3) is 5.40. The molecule has 0 saturated carbocycles. The normalized spacial score (nSPS) is 11.9. The van der Waals surface area contributed by atoms with Crippen molar-refractivity contribution < 1.29 is 0 Å². The molecule has 0 N–H and O–H groups in total. The van der Waals surface area contributed by atoms with Crippen LogP contribution in [0.5, 0.6) is 0 Å². The molecular weight excluding hydrogens is 649 g/mol. The summed E-state index contributed by atoms with van der Waals surface area (Å²) in [5.41, 5.74) is 8.22. The molecular formula is C38H34S6. The van der Waals surface area contributed by atoms with Crippen molar-refractivity contribution in [2.45, 2.75) is 25.7 Å². The van der Waals surface area contributed by atoms with Crippen molar-refractivity contribution in [1.82, 2.24) is 0 Å². The van der Waals surface area contributed by atoms with Crippen molar-refractivity contribution in [2.24, 2.45) is 0 Å². The lowest BCUT2D eigenvalue weighted by Crippen LogP contribution is -2.00. The third-order valence-electron chi connectivity index (χ3n) is 8.68. The van der Waals surface area contributed by atoms with Crippen LogP contribution < -0.4 is 0 Å². The van der Waals surface area contributed by atoms with Gasteiger partial charge in [0.15, 0.2) is 0 Å². The lowest BCUT2D eigenvalue weighted by molar-refractivity contribution is 1.18. The zero-order chi connectivity index (χ0) is 30.2. The molecule has 0 unspecified atom stereocenters. The summed E-state index contributed by atoms with van der Waals surface area (Å²) in [6, 6.07) is 31.5. The molecule has 2 heterocycles. The summed E-state index contributed by atoms with van der Waals surface area (Å²) in [7, 11) is 0. The second-order valence-corrected chi connectivity index (χ2v) is 15.1. The summed E-state index contributed by atoms with van der Waals surface area (Å²) in [5.74, 6) is 3.24. The Balaban J connectivity index is 1.62. The second-order valence-electron chi connectivity index (χ2n) is 11.2. The maximum absolute atomic E-state index is 4.76. The summed E-state index contributed by atoms with van der Waals surface area (Å²) in [5, 5.41) is 8.22. The van der Waals surface area contributed by atoms with E-state index in [1.165, 1.54) is 84.9 Å². The molecule has 5 aromatic carbocycles. The molecule has 44 heavy (non-hydrogen) atoms. The Kier molecular flexibility index (Phi) is 9.28. The number of benzene rings is 5. The van der Waals surface area contributed by atoms with Gasteiger partial charge >= 0.3 is 0 Å². The van der Waals surface area contributed by atoms with Crippen LogP contribution in [0, 0.1) is 0 Å². The van der Waals surface area contributed by atoms with E-state index in [1.54, 1.807) is 0 Å². The standard InChI is InChI=1S/C38H34S6/c39-15-11-25-29-19-32-28(14-18-42)38-34(22-36(44-38)24-9-5-2-6-10-24)26(12-16-40)30(32)20-31(29)27(13-17-41)37-33(25)21-35(43-37)23-7-3-1-4-8-23/h1-10,19-22,39-42H,11-18H2. The first kappa shape index (κ1) is 30.6. The van der Waals surface area contributed by atoms with Gasteiger partial charge in [-0.05, 0) is 139 Å². The lowest BCUT2D eigenvalue weighted by Gasteiger charge is -2.19. The topological polar surface area (TPSA) is 0 Å². The minimum Gasteiger partial charge on any atom is -0.179 e. The Bertz CT molecular complexity index is 1850. The number of fused-ring (bicyclic) bond motifs is 4. The summed E-state index contributed by atoms with van der Waals surface area (Å²) in [6.45, 7) is 0. The van der Waals surface area contributed by atoms with E-state index in [1.807, 2.05) is 22.7 Å². The molecule has 0 radical (unpaired) electrons. The zero-order valence-electron chi connectivity index (χ0n) is 24.3. The van der Waals surface area contributed by atoms with Gasteiger partial charge in [-0.3, -0.25) is 0 Å². The summed E-state index contributed by atoms with van der Waals surface area (Å²) < 4.78 is 2.80. The van der Waals surface area contributed by atoms with Crippen LogP contribution in [0.15, 0.2) is 84.9 Å². The van der Waals surface area contributed by atoms with Gasteiger partial charge in [0.05, 0.1) is 0 Å². The van der Waals surface area contributed by atoms with Gasteiger partial charge in [-0.25, -0.2) is 0 Å². The van der Waals surface area contributed by atoms with E-state index >= 15 is 0 Å². The van der Waals surface area contributed by atoms with E-state index in [0.29, 0.717) is 0 Å². The summed E-state index contributed by atoms with van der Waals surface area (Å²) >= 11 is 22.9. The average molecular weight is 683 g/mol. The van der Waals surface area contributed by atoms with Crippen LogP contribution in [0.2, 0.25) is 0 Å². The van der Waals surface area contributed by atoms with Gasteiger partial charge < -0.3 is 0 Å². The largest absolute Gasteiger partial charge is 0.179 e. The van der Waals surface area contributed by atoms with Crippen molar-refractivity contribution in [2.75, 3.05) is 23.0 Å². The molecule has 0 atom stereocenters. The smallest absolute Gasteiger partial charge is 0.0390 e. The molecule has 0 amide bonds. The Morgan fingerprint density at radius 3 is 1.09 bits per heavy atom. The van der Waals surface area contributed by atoms with E-state index in [9.17, 15) is 0 Å². The van der Waals surface area contributed by atoms with Crippen LogP contribution in [0.25, 0.3) is 62.6 Å². The number of rotatable bonds is 10. The van der Waals surface area contributed by atoms with E-state index in [0.717, 1.165) is 48.7 Å². The maximum Gasteiger partial charge on any atom is 0.0390 e. The quantitative estimate of drug-likeness (QED) is 0.0801. The van der Waals surface area contributed by atoms with Crippen molar-refractivity contribution >= 4 is 115 Å². The van der Waals surface area contributed by atoms with Crippen LogP contribution in [-0.2, 0) is 25.7 Å². The van der Waals surface area contributed by atoms with E-state index in [4.69, 9.17) is 50.5 Å². The van der Waals surface area contributed by atoms with Gasteiger partial charge in [0.25, 0.3) is 0 Å². The molecule has 0 saturated heterocycles. The zero-order valence-corrected chi connectivity index (χ0v) is 29.6. The minimum atomic E-state index is 0.809. The molecule has 7 rings (SSSR count). The van der Waals surface area contributed by atoms with E-state index in [2.05, 4.69) is 84.9 Å². The number of hydrogen-bond donors (Lipinski definition) is 4. The fraction of sp³-hybridized carbons (Fsp3) is 0.211.